The molecule has 1 heterocycles. The maximum absolute atomic E-state index is 6.12. The highest BCUT2D eigenvalue weighted by Gasteiger charge is 2.46. The minimum atomic E-state index is -0.0991. The van der Waals surface area contributed by atoms with Crippen molar-refractivity contribution in [2.45, 2.75) is 51.2 Å². The van der Waals surface area contributed by atoms with E-state index in [0.29, 0.717) is 0 Å². The normalized spacial score (nSPS) is 18.6. The van der Waals surface area contributed by atoms with E-state index in [4.69, 9.17) is 9.15 Å². The van der Waals surface area contributed by atoms with Crippen molar-refractivity contribution in [1.82, 2.24) is 5.32 Å². The summed E-state index contributed by atoms with van der Waals surface area (Å²) in [6.07, 6.45) is 4.54. The molecule has 21 heavy (non-hydrogen) atoms. The molecule has 0 aliphatic heterocycles. The fourth-order valence-corrected chi connectivity index (χ4v) is 3.30. The third kappa shape index (κ3) is 2.60. The van der Waals surface area contributed by atoms with Crippen LogP contribution in [0.3, 0.4) is 0 Å². The van der Waals surface area contributed by atoms with E-state index in [1.165, 1.54) is 17.4 Å². The molecule has 1 aromatic heterocycles. The standard InChI is InChI=1S/C18H25NO2/c1-4-10-19-17(18(20-3)8-5-9-18)16-12-14-11-13(2)6-7-15(14)21-16/h6-7,11-12,17,19H,4-5,8-10H2,1-3H3. The highest BCUT2D eigenvalue weighted by Crippen LogP contribution is 2.45. The molecule has 0 amide bonds. The largest absolute Gasteiger partial charge is 0.459 e. The minimum absolute atomic E-state index is 0.0991. The number of methoxy groups -OCH3 is 1. The Bertz CT molecular complexity index is 607. The van der Waals surface area contributed by atoms with Gasteiger partial charge in [0.2, 0.25) is 0 Å². The van der Waals surface area contributed by atoms with Crippen LogP contribution >= 0.6 is 0 Å². The molecule has 114 valence electrons. The first-order valence-electron chi connectivity index (χ1n) is 7.97. The molecule has 1 saturated carbocycles. The van der Waals surface area contributed by atoms with Gasteiger partial charge in [-0.15, -0.1) is 0 Å². The Morgan fingerprint density at radius 2 is 2.14 bits per heavy atom. The second-order valence-electron chi connectivity index (χ2n) is 6.20. The quantitative estimate of drug-likeness (QED) is 0.857. The molecule has 1 aliphatic rings. The van der Waals surface area contributed by atoms with Crippen molar-refractivity contribution in [1.29, 1.82) is 0 Å². The van der Waals surface area contributed by atoms with Crippen LogP contribution in [-0.4, -0.2) is 19.3 Å². The fraction of sp³-hybridized carbons (Fsp3) is 0.556. The van der Waals surface area contributed by atoms with Crippen LogP contribution in [0.5, 0.6) is 0 Å². The van der Waals surface area contributed by atoms with Crippen molar-refractivity contribution in [2.75, 3.05) is 13.7 Å². The first-order chi connectivity index (χ1) is 10.2. The summed E-state index contributed by atoms with van der Waals surface area (Å²) in [6, 6.07) is 8.66. The first-order valence-corrected chi connectivity index (χ1v) is 7.97. The van der Waals surface area contributed by atoms with E-state index < -0.39 is 0 Å². The van der Waals surface area contributed by atoms with Gasteiger partial charge in [0.1, 0.15) is 11.3 Å². The Balaban J connectivity index is 1.97. The Morgan fingerprint density at radius 3 is 2.76 bits per heavy atom. The van der Waals surface area contributed by atoms with E-state index in [0.717, 1.165) is 37.2 Å². The zero-order chi connectivity index (χ0) is 14.9. The topological polar surface area (TPSA) is 34.4 Å². The van der Waals surface area contributed by atoms with Crippen LogP contribution in [0.4, 0.5) is 0 Å². The van der Waals surface area contributed by atoms with E-state index in [2.05, 4.69) is 43.4 Å². The van der Waals surface area contributed by atoms with Gasteiger partial charge < -0.3 is 14.5 Å². The molecular weight excluding hydrogens is 262 g/mol. The number of nitrogens with one attached hydrogen (secondary N) is 1. The Labute approximate surface area is 126 Å². The third-order valence-electron chi connectivity index (χ3n) is 4.71. The van der Waals surface area contributed by atoms with Gasteiger partial charge >= 0.3 is 0 Å². The van der Waals surface area contributed by atoms with E-state index in [9.17, 15) is 0 Å². The summed E-state index contributed by atoms with van der Waals surface area (Å²) < 4.78 is 12.0. The van der Waals surface area contributed by atoms with Crippen molar-refractivity contribution in [3.8, 4) is 0 Å². The highest BCUT2D eigenvalue weighted by molar-refractivity contribution is 5.78. The number of fused-ring (bicyclic) bond motifs is 1. The van der Waals surface area contributed by atoms with Gasteiger partial charge in [0, 0.05) is 12.5 Å². The molecule has 1 N–H and O–H groups in total. The zero-order valence-corrected chi connectivity index (χ0v) is 13.2. The number of ether oxygens (including phenoxy) is 1. The number of rotatable bonds is 6. The molecule has 0 spiro atoms. The van der Waals surface area contributed by atoms with Crippen molar-refractivity contribution in [2.24, 2.45) is 0 Å². The summed E-state index contributed by atoms with van der Waals surface area (Å²) in [5.41, 5.74) is 2.13. The summed E-state index contributed by atoms with van der Waals surface area (Å²) >= 11 is 0. The average Bonchev–Trinajstić information content (AvgIpc) is 2.84. The van der Waals surface area contributed by atoms with Crippen LogP contribution < -0.4 is 5.32 Å². The molecule has 2 aromatic rings. The van der Waals surface area contributed by atoms with Crippen molar-refractivity contribution in [3.05, 3.63) is 35.6 Å². The fourth-order valence-electron chi connectivity index (χ4n) is 3.30. The SMILES string of the molecule is CCCNC(c1cc2cc(C)ccc2o1)C1(OC)CCC1. The molecule has 0 radical (unpaired) electrons. The van der Waals surface area contributed by atoms with Gasteiger partial charge in [-0.05, 0) is 57.4 Å². The van der Waals surface area contributed by atoms with Gasteiger partial charge in [-0.2, -0.15) is 0 Å². The summed E-state index contributed by atoms with van der Waals surface area (Å²) in [7, 11) is 1.83. The molecule has 1 atom stereocenters. The molecule has 3 heteroatoms. The Morgan fingerprint density at radius 1 is 1.33 bits per heavy atom. The predicted octanol–water partition coefficient (Wildman–Crippen LogP) is 4.35. The molecule has 1 unspecified atom stereocenters. The lowest BCUT2D eigenvalue weighted by Gasteiger charge is -2.46. The first kappa shape index (κ1) is 14.6. The number of benzene rings is 1. The lowest BCUT2D eigenvalue weighted by atomic mass is 9.73. The maximum atomic E-state index is 6.12. The van der Waals surface area contributed by atoms with E-state index in [1.54, 1.807) is 0 Å². The highest BCUT2D eigenvalue weighted by atomic mass is 16.5. The summed E-state index contributed by atoms with van der Waals surface area (Å²) in [6.45, 7) is 5.28. The maximum Gasteiger partial charge on any atom is 0.134 e. The minimum Gasteiger partial charge on any atom is -0.459 e. The van der Waals surface area contributed by atoms with Crippen LogP contribution in [-0.2, 0) is 4.74 Å². The summed E-state index contributed by atoms with van der Waals surface area (Å²) in [4.78, 5) is 0. The molecule has 1 aromatic carbocycles. The van der Waals surface area contributed by atoms with Crippen LogP contribution in [0.25, 0.3) is 11.0 Å². The lowest BCUT2D eigenvalue weighted by molar-refractivity contribution is -0.104. The van der Waals surface area contributed by atoms with Crippen molar-refractivity contribution < 1.29 is 9.15 Å². The molecule has 3 rings (SSSR count). The second-order valence-corrected chi connectivity index (χ2v) is 6.20. The van der Waals surface area contributed by atoms with Gasteiger partial charge in [-0.3, -0.25) is 0 Å². The van der Waals surface area contributed by atoms with Crippen LogP contribution in [0.1, 0.15) is 50.0 Å². The van der Waals surface area contributed by atoms with Crippen molar-refractivity contribution >= 4 is 11.0 Å². The van der Waals surface area contributed by atoms with E-state index in [1.807, 2.05) is 7.11 Å². The monoisotopic (exact) mass is 287 g/mol. The van der Waals surface area contributed by atoms with Crippen LogP contribution in [0.15, 0.2) is 28.7 Å². The van der Waals surface area contributed by atoms with E-state index in [-0.39, 0.29) is 11.6 Å². The number of furan rings is 1. The Kier molecular flexibility index (Phi) is 4.05. The smallest absolute Gasteiger partial charge is 0.134 e. The summed E-state index contributed by atoms with van der Waals surface area (Å²) in [5.74, 6) is 1.01. The third-order valence-corrected chi connectivity index (χ3v) is 4.71. The predicted molar refractivity (Wildman–Crippen MR) is 85.6 cm³/mol. The number of aryl methyl sites for hydroxylation is 1. The molecule has 0 bridgehead atoms. The number of hydrogen-bond donors (Lipinski definition) is 1. The molecule has 0 saturated heterocycles. The number of hydrogen-bond acceptors (Lipinski definition) is 3. The van der Waals surface area contributed by atoms with Gasteiger partial charge in [0.25, 0.3) is 0 Å². The average molecular weight is 287 g/mol. The van der Waals surface area contributed by atoms with Gasteiger partial charge in [-0.25, -0.2) is 0 Å². The Hall–Kier alpha value is -1.32. The van der Waals surface area contributed by atoms with Gasteiger partial charge in [0.15, 0.2) is 0 Å². The zero-order valence-electron chi connectivity index (χ0n) is 13.2. The molecule has 1 fully saturated rings. The van der Waals surface area contributed by atoms with Gasteiger partial charge in [0.05, 0.1) is 11.6 Å². The van der Waals surface area contributed by atoms with Crippen LogP contribution in [0, 0.1) is 6.92 Å². The lowest BCUT2D eigenvalue weighted by Crippen LogP contribution is -2.50. The van der Waals surface area contributed by atoms with Crippen LogP contribution in [0.2, 0.25) is 0 Å². The van der Waals surface area contributed by atoms with Crippen molar-refractivity contribution in [3.63, 3.8) is 0 Å². The molecule has 3 nitrogen and oxygen atoms in total. The second kappa shape index (κ2) is 5.82. The van der Waals surface area contributed by atoms with Gasteiger partial charge in [-0.1, -0.05) is 18.6 Å². The molecular formula is C18H25NO2. The molecule has 1 aliphatic carbocycles. The summed E-state index contributed by atoms with van der Waals surface area (Å²) in [5, 5.41) is 4.82. The van der Waals surface area contributed by atoms with E-state index >= 15 is 0 Å².